The zero-order chi connectivity index (χ0) is 14.9. The van der Waals surface area contributed by atoms with Gasteiger partial charge in [-0.15, -0.1) is 11.6 Å². The normalized spacial score (nSPS) is 13.6. The van der Waals surface area contributed by atoms with Crippen LogP contribution in [-0.4, -0.2) is 32.0 Å². The van der Waals surface area contributed by atoms with Gasteiger partial charge in [-0.2, -0.15) is 5.10 Å². The van der Waals surface area contributed by atoms with E-state index in [1.165, 1.54) is 0 Å². The molecule has 0 aliphatic rings. The number of aryl methyl sites for hydroxylation is 2. The van der Waals surface area contributed by atoms with E-state index in [2.05, 4.69) is 21.6 Å². The van der Waals surface area contributed by atoms with Crippen molar-refractivity contribution >= 4 is 22.8 Å². The molecule has 2 aromatic heterocycles. The highest BCUT2D eigenvalue weighted by atomic mass is 35.5. The third kappa shape index (κ3) is 2.83. The van der Waals surface area contributed by atoms with Crippen LogP contribution < -0.4 is 0 Å². The number of aromatic nitrogens is 4. The molecule has 0 fully saturated rings. The van der Waals surface area contributed by atoms with Gasteiger partial charge in [0.2, 0.25) is 0 Å². The van der Waals surface area contributed by atoms with E-state index in [1.54, 1.807) is 0 Å². The van der Waals surface area contributed by atoms with Crippen LogP contribution in [0, 0.1) is 6.92 Å². The maximum atomic E-state index is 6.27. The molecule has 0 aromatic carbocycles. The van der Waals surface area contributed by atoms with Crippen LogP contribution in [0.2, 0.25) is 0 Å². The number of hydrogen-bond acceptors (Lipinski definition) is 3. The van der Waals surface area contributed by atoms with Crippen molar-refractivity contribution in [3.63, 3.8) is 0 Å². The summed E-state index contributed by atoms with van der Waals surface area (Å²) in [6.07, 6.45) is 0.226. The summed E-state index contributed by atoms with van der Waals surface area (Å²) in [7, 11) is 0. The molecule has 0 spiro atoms. The summed E-state index contributed by atoms with van der Waals surface area (Å²) in [4.78, 5) is 4.67. The van der Waals surface area contributed by atoms with Crippen molar-refractivity contribution in [3.8, 4) is 0 Å². The largest absolute Gasteiger partial charge is 0.377 e. The molecule has 112 valence electrons. The van der Waals surface area contributed by atoms with Gasteiger partial charge in [0.25, 0.3) is 0 Å². The number of halogens is 1. The second-order valence-electron chi connectivity index (χ2n) is 5.23. The number of ether oxygens (including phenoxy) is 1. The summed E-state index contributed by atoms with van der Waals surface area (Å²) in [6.45, 7) is 12.3. The maximum absolute atomic E-state index is 6.27. The number of rotatable bonds is 6. The van der Waals surface area contributed by atoms with Crippen molar-refractivity contribution in [1.29, 1.82) is 0 Å². The van der Waals surface area contributed by atoms with Gasteiger partial charge in [-0.3, -0.25) is 0 Å². The van der Waals surface area contributed by atoms with E-state index in [4.69, 9.17) is 16.3 Å². The van der Waals surface area contributed by atoms with Crippen LogP contribution in [0.15, 0.2) is 0 Å². The van der Waals surface area contributed by atoms with Gasteiger partial charge in [0.05, 0.1) is 23.8 Å². The van der Waals surface area contributed by atoms with Crippen molar-refractivity contribution in [3.05, 3.63) is 11.5 Å². The van der Waals surface area contributed by atoms with Crippen LogP contribution in [0.1, 0.15) is 44.6 Å². The fourth-order valence-electron chi connectivity index (χ4n) is 2.37. The van der Waals surface area contributed by atoms with Crippen LogP contribution in [0.3, 0.4) is 0 Å². The van der Waals surface area contributed by atoms with Crippen molar-refractivity contribution in [1.82, 2.24) is 19.3 Å². The smallest absolute Gasteiger partial charge is 0.159 e. The second-order valence-corrected chi connectivity index (χ2v) is 5.89. The van der Waals surface area contributed by atoms with Gasteiger partial charge in [-0.25, -0.2) is 9.67 Å². The monoisotopic (exact) mass is 298 g/mol. The van der Waals surface area contributed by atoms with Gasteiger partial charge in [0, 0.05) is 13.1 Å². The van der Waals surface area contributed by atoms with E-state index in [-0.39, 0.29) is 11.5 Å². The lowest BCUT2D eigenvalue weighted by Crippen LogP contribution is -2.15. The van der Waals surface area contributed by atoms with Gasteiger partial charge < -0.3 is 9.30 Å². The Morgan fingerprint density at radius 2 is 2.00 bits per heavy atom. The first-order valence-electron chi connectivity index (χ1n) is 7.14. The minimum atomic E-state index is -0.133. The molecule has 6 heteroatoms. The lowest BCUT2D eigenvalue weighted by molar-refractivity contribution is 0.0727. The second kappa shape index (κ2) is 6.14. The molecule has 1 atom stereocenters. The van der Waals surface area contributed by atoms with E-state index in [0.717, 1.165) is 35.8 Å². The Balaban J connectivity index is 2.44. The molecule has 0 saturated carbocycles. The molecule has 0 amide bonds. The van der Waals surface area contributed by atoms with E-state index in [0.29, 0.717) is 6.61 Å². The third-order valence-corrected chi connectivity index (χ3v) is 3.44. The maximum Gasteiger partial charge on any atom is 0.159 e. The molecule has 0 aliphatic heterocycles. The summed E-state index contributed by atoms with van der Waals surface area (Å²) in [6, 6.07) is 0. The van der Waals surface area contributed by atoms with Crippen molar-refractivity contribution in [2.24, 2.45) is 0 Å². The molecule has 0 radical (unpaired) electrons. The standard InChI is InChI=1S/C14H23ClN4O/c1-6-19-14-12(11(5)17-19)16-13(10(4)15)18(14)7-8-20-9(2)3/h9-10H,6-8H2,1-5H3. The third-order valence-electron chi connectivity index (χ3n) is 3.25. The van der Waals surface area contributed by atoms with Gasteiger partial charge in [-0.05, 0) is 34.6 Å². The number of hydrogen-bond donors (Lipinski definition) is 0. The summed E-state index contributed by atoms with van der Waals surface area (Å²) < 4.78 is 9.78. The van der Waals surface area contributed by atoms with E-state index in [9.17, 15) is 0 Å². The molecule has 20 heavy (non-hydrogen) atoms. The quantitative estimate of drug-likeness (QED) is 0.769. The number of alkyl halides is 1. The molecule has 0 saturated heterocycles. The van der Waals surface area contributed by atoms with Crippen LogP contribution >= 0.6 is 11.6 Å². The molecule has 0 aliphatic carbocycles. The average molecular weight is 299 g/mol. The Labute approximate surface area is 124 Å². The minimum absolute atomic E-state index is 0.133. The number of imidazole rings is 1. The van der Waals surface area contributed by atoms with E-state index in [1.807, 2.05) is 32.4 Å². The molecule has 5 nitrogen and oxygen atoms in total. The highest BCUT2D eigenvalue weighted by Gasteiger charge is 2.20. The molecule has 2 aromatic rings. The van der Waals surface area contributed by atoms with Crippen molar-refractivity contribution in [2.75, 3.05) is 6.61 Å². The van der Waals surface area contributed by atoms with Gasteiger partial charge in [0.1, 0.15) is 11.3 Å². The average Bonchev–Trinajstić information content (AvgIpc) is 2.88. The molecular weight excluding hydrogens is 276 g/mol. The Morgan fingerprint density at radius 3 is 2.55 bits per heavy atom. The first-order valence-corrected chi connectivity index (χ1v) is 7.58. The minimum Gasteiger partial charge on any atom is -0.377 e. The SMILES string of the molecule is CCn1nc(C)c2nc(C(C)Cl)n(CCOC(C)C)c21. The highest BCUT2D eigenvalue weighted by molar-refractivity contribution is 6.20. The zero-order valence-corrected chi connectivity index (χ0v) is 13.6. The summed E-state index contributed by atoms with van der Waals surface area (Å²) in [5.74, 6) is 0.886. The van der Waals surface area contributed by atoms with Crippen LogP contribution in [0.25, 0.3) is 11.2 Å². The van der Waals surface area contributed by atoms with Crippen molar-refractivity contribution < 1.29 is 4.74 Å². The predicted molar refractivity (Wildman–Crippen MR) is 81.3 cm³/mol. The van der Waals surface area contributed by atoms with Gasteiger partial charge in [-0.1, -0.05) is 0 Å². The Hall–Kier alpha value is -1.07. The van der Waals surface area contributed by atoms with Crippen molar-refractivity contribution in [2.45, 2.75) is 59.2 Å². The first kappa shape index (κ1) is 15.3. The molecule has 2 rings (SSSR count). The fourth-order valence-corrected chi connectivity index (χ4v) is 2.53. The van der Waals surface area contributed by atoms with E-state index >= 15 is 0 Å². The molecular formula is C14H23ClN4O. The molecule has 0 N–H and O–H groups in total. The molecule has 1 unspecified atom stereocenters. The highest BCUT2D eigenvalue weighted by Crippen LogP contribution is 2.26. The Bertz CT molecular complexity index is 586. The number of nitrogens with zero attached hydrogens (tertiary/aromatic N) is 4. The summed E-state index contributed by atoms with van der Waals surface area (Å²) in [5.41, 5.74) is 2.93. The topological polar surface area (TPSA) is 44.9 Å². The lowest BCUT2D eigenvalue weighted by atomic mass is 10.4. The predicted octanol–water partition coefficient (Wildman–Crippen LogP) is 3.29. The summed E-state index contributed by atoms with van der Waals surface area (Å²) in [5, 5.41) is 4.39. The lowest BCUT2D eigenvalue weighted by Gasteiger charge is -2.13. The van der Waals surface area contributed by atoms with Crippen LogP contribution in [-0.2, 0) is 17.8 Å². The van der Waals surface area contributed by atoms with Crippen LogP contribution in [0.4, 0.5) is 0 Å². The summed E-state index contributed by atoms with van der Waals surface area (Å²) >= 11 is 6.27. The molecule has 0 bridgehead atoms. The molecule has 2 heterocycles. The van der Waals surface area contributed by atoms with Gasteiger partial charge >= 0.3 is 0 Å². The Morgan fingerprint density at radius 1 is 1.30 bits per heavy atom. The Kier molecular flexibility index (Phi) is 4.70. The van der Waals surface area contributed by atoms with Gasteiger partial charge in [0.15, 0.2) is 5.65 Å². The first-order chi connectivity index (χ1) is 9.45. The zero-order valence-electron chi connectivity index (χ0n) is 12.9. The number of fused-ring (bicyclic) bond motifs is 1. The fraction of sp³-hybridized carbons (Fsp3) is 0.714. The van der Waals surface area contributed by atoms with Crippen LogP contribution in [0.5, 0.6) is 0 Å². The van der Waals surface area contributed by atoms with E-state index < -0.39 is 0 Å².